The van der Waals surface area contributed by atoms with Crippen LogP contribution in [0, 0.1) is 0 Å². The molecule has 146 valence electrons. The summed E-state index contributed by atoms with van der Waals surface area (Å²) in [5.74, 6) is 0.857. The Kier molecular flexibility index (Phi) is 6.43. The molecule has 0 N–H and O–H groups in total. The molecule has 0 amide bonds. The third kappa shape index (κ3) is 5.11. The molecule has 0 spiro atoms. The van der Waals surface area contributed by atoms with E-state index < -0.39 is 5.97 Å². The number of methoxy groups -OCH3 is 2. The lowest BCUT2D eigenvalue weighted by molar-refractivity contribution is 0.0731. The minimum atomic E-state index is -0.516. The Morgan fingerprint density at radius 3 is 2.28 bits per heavy atom. The molecule has 0 fully saturated rings. The zero-order chi connectivity index (χ0) is 20.6. The molecule has 3 rings (SSSR count). The number of para-hydroxylation sites is 1. The monoisotopic (exact) mass is 388 g/mol. The highest BCUT2D eigenvalue weighted by Crippen LogP contribution is 2.21. The molecule has 3 aromatic carbocycles. The van der Waals surface area contributed by atoms with Crippen molar-refractivity contribution in [2.45, 2.75) is 0 Å². The van der Waals surface area contributed by atoms with Gasteiger partial charge < -0.3 is 14.2 Å². The Bertz CT molecular complexity index is 1040. The van der Waals surface area contributed by atoms with Crippen LogP contribution in [0.1, 0.15) is 26.3 Å². The fourth-order valence-corrected chi connectivity index (χ4v) is 2.68. The summed E-state index contributed by atoms with van der Waals surface area (Å²) in [5, 5.41) is 0. The lowest BCUT2D eigenvalue weighted by Gasteiger charge is -2.08. The molecular formula is C24H20O5. The quantitative estimate of drug-likeness (QED) is 0.251. The normalized spacial score (nSPS) is 10.6. The summed E-state index contributed by atoms with van der Waals surface area (Å²) in [4.78, 5) is 24.7. The van der Waals surface area contributed by atoms with Crippen molar-refractivity contribution in [1.82, 2.24) is 0 Å². The van der Waals surface area contributed by atoms with Crippen molar-refractivity contribution >= 4 is 17.8 Å². The van der Waals surface area contributed by atoms with Crippen LogP contribution in [0.4, 0.5) is 0 Å². The zero-order valence-electron chi connectivity index (χ0n) is 16.1. The molecule has 0 aliphatic carbocycles. The van der Waals surface area contributed by atoms with Gasteiger partial charge >= 0.3 is 5.97 Å². The van der Waals surface area contributed by atoms with Crippen LogP contribution in [0.3, 0.4) is 0 Å². The summed E-state index contributed by atoms with van der Waals surface area (Å²) in [6, 6.07) is 20.7. The summed E-state index contributed by atoms with van der Waals surface area (Å²) in [5.41, 5.74) is 1.63. The van der Waals surface area contributed by atoms with E-state index in [2.05, 4.69) is 0 Å². The molecule has 5 heteroatoms. The number of benzene rings is 3. The van der Waals surface area contributed by atoms with E-state index in [4.69, 9.17) is 14.2 Å². The third-order valence-electron chi connectivity index (χ3n) is 4.20. The number of carbonyl (C=O) groups excluding carboxylic acids is 2. The van der Waals surface area contributed by atoms with E-state index in [0.717, 1.165) is 5.56 Å². The van der Waals surface area contributed by atoms with Crippen LogP contribution >= 0.6 is 0 Å². The first-order valence-corrected chi connectivity index (χ1v) is 8.92. The second-order valence-corrected chi connectivity index (χ2v) is 6.09. The standard InChI is InChI=1S/C24H20O5/c1-27-19-13-11-18(12-14-19)22(25)15-10-17-6-5-7-20(16-17)29-24(26)21-8-3-4-9-23(21)28-2/h3-16H,1-2H3/b15-10+. The maximum absolute atomic E-state index is 12.4. The average molecular weight is 388 g/mol. The van der Waals surface area contributed by atoms with Crippen LogP contribution in [0.2, 0.25) is 0 Å². The molecule has 29 heavy (non-hydrogen) atoms. The van der Waals surface area contributed by atoms with Crippen LogP contribution in [-0.2, 0) is 0 Å². The van der Waals surface area contributed by atoms with E-state index in [9.17, 15) is 9.59 Å². The maximum atomic E-state index is 12.4. The first-order valence-electron chi connectivity index (χ1n) is 8.92. The molecule has 0 radical (unpaired) electrons. The Balaban J connectivity index is 1.71. The fourth-order valence-electron chi connectivity index (χ4n) is 2.68. The molecule has 0 unspecified atom stereocenters. The van der Waals surface area contributed by atoms with Gasteiger partial charge in [0.25, 0.3) is 0 Å². The van der Waals surface area contributed by atoms with E-state index in [-0.39, 0.29) is 5.78 Å². The van der Waals surface area contributed by atoms with Gasteiger partial charge in [-0.25, -0.2) is 4.79 Å². The first kappa shape index (κ1) is 19.9. The number of carbonyl (C=O) groups is 2. The number of hydrogen-bond donors (Lipinski definition) is 0. The van der Waals surface area contributed by atoms with Crippen LogP contribution < -0.4 is 14.2 Å². The second kappa shape index (κ2) is 9.37. The summed E-state index contributed by atoms with van der Waals surface area (Å²) in [6.45, 7) is 0. The zero-order valence-corrected chi connectivity index (χ0v) is 16.1. The van der Waals surface area contributed by atoms with Gasteiger partial charge in [-0.2, -0.15) is 0 Å². The molecule has 0 heterocycles. The minimum Gasteiger partial charge on any atom is -0.497 e. The number of rotatable bonds is 7. The van der Waals surface area contributed by atoms with Gasteiger partial charge in [-0.3, -0.25) is 4.79 Å². The molecule has 0 bridgehead atoms. The predicted octanol–water partition coefficient (Wildman–Crippen LogP) is 4.82. The molecular weight excluding hydrogens is 368 g/mol. The minimum absolute atomic E-state index is 0.135. The lowest BCUT2D eigenvalue weighted by Crippen LogP contribution is -2.10. The van der Waals surface area contributed by atoms with E-state index in [1.54, 1.807) is 79.9 Å². The molecule has 0 aliphatic heterocycles. The van der Waals surface area contributed by atoms with E-state index in [1.165, 1.54) is 13.2 Å². The third-order valence-corrected chi connectivity index (χ3v) is 4.20. The topological polar surface area (TPSA) is 61.8 Å². The van der Waals surface area contributed by atoms with Gasteiger partial charge in [0, 0.05) is 5.56 Å². The molecule has 0 saturated heterocycles. The van der Waals surface area contributed by atoms with Crippen molar-refractivity contribution in [1.29, 1.82) is 0 Å². The smallest absolute Gasteiger partial charge is 0.347 e. The number of allylic oxidation sites excluding steroid dienone is 1. The number of esters is 1. The van der Waals surface area contributed by atoms with Gasteiger partial charge in [0.1, 0.15) is 22.8 Å². The van der Waals surface area contributed by atoms with Gasteiger partial charge in [0.2, 0.25) is 0 Å². The SMILES string of the molecule is COc1ccc(C(=O)/C=C/c2cccc(OC(=O)c3ccccc3OC)c2)cc1. The summed E-state index contributed by atoms with van der Waals surface area (Å²) in [6.07, 6.45) is 3.15. The van der Waals surface area contributed by atoms with Crippen molar-refractivity contribution in [3.63, 3.8) is 0 Å². The highest BCUT2D eigenvalue weighted by molar-refractivity contribution is 6.06. The number of ketones is 1. The highest BCUT2D eigenvalue weighted by Gasteiger charge is 2.14. The molecule has 5 nitrogen and oxygen atoms in total. The Morgan fingerprint density at radius 1 is 0.793 bits per heavy atom. The summed E-state index contributed by atoms with van der Waals surface area (Å²) >= 11 is 0. The van der Waals surface area contributed by atoms with Gasteiger partial charge in [0.05, 0.1) is 14.2 Å². The van der Waals surface area contributed by atoms with Crippen LogP contribution in [0.15, 0.2) is 78.9 Å². The predicted molar refractivity (Wildman–Crippen MR) is 111 cm³/mol. The van der Waals surface area contributed by atoms with Crippen LogP contribution in [-0.4, -0.2) is 26.0 Å². The van der Waals surface area contributed by atoms with Crippen molar-refractivity contribution in [3.8, 4) is 17.2 Å². The number of ether oxygens (including phenoxy) is 3. The van der Waals surface area contributed by atoms with Gasteiger partial charge in [-0.05, 0) is 60.2 Å². The molecule has 0 atom stereocenters. The van der Waals surface area contributed by atoms with Gasteiger partial charge in [-0.15, -0.1) is 0 Å². The molecule has 0 aliphatic rings. The van der Waals surface area contributed by atoms with Crippen molar-refractivity contribution < 1.29 is 23.8 Å². The van der Waals surface area contributed by atoms with E-state index in [1.807, 2.05) is 6.07 Å². The lowest BCUT2D eigenvalue weighted by atomic mass is 10.1. The van der Waals surface area contributed by atoms with Gasteiger partial charge in [0.15, 0.2) is 5.78 Å². The molecule has 3 aromatic rings. The van der Waals surface area contributed by atoms with E-state index in [0.29, 0.717) is 28.4 Å². The first-order chi connectivity index (χ1) is 14.1. The molecule has 0 aromatic heterocycles. The molecule has 0 saturated carbocycles. The van der Waals surface area contributed by atoms with Crippen LogP contribution in [0.5, 0.6) is 17.2 Å². The number of hydrogen-bond acceptors (Lipinski definition) is 5. The Labute approximate surface area is 169 Å². The van der Waals surface area contributed by atoms with Crippen molar-refractivity contribution in [3.05, 3.63) is 95.6 Å². The fraction of sp³-hybridized carbons (Fsp3) is 0.0833. The largest absolute Gasteiger partial charge is 0.497 e. The van der Waals surface area contributed by atoms with E-state index >= 15 is 0 Å². The summed E-state index contributed by atoms with van der Waals surface area (Å²) in [7, 11) is 3.07. The van der Waals surface area contributed by atoms with Crippen LogP contribution in [0.25, 0.3) is 6.08 Å². The summed E-state index contributed by atoms with van der Waals surface area (Å²) < 4.78 is 15.7. The van der Waals surface area contributed by atoms with Crippen molar-refractivity contribution in [2.24, 2.45) is 0 Å². The average Bonchev–Trinajstić information content (AvgIpc) is 2.77. The van der Waals surface area contributed by atoms with Gasteiger partial charge in [-0.1, -0.05) is 30.3 Å². The van der Waals surface area contributed by atoms with Crippen molar-refractivity contribution in [2.75, 3.05) is 14.2 Å². The highest BCUT2D eigenvalue weighted by atomic mass is 16.5. The maximum Gasteiger partial charge on any atom is 0.347 e. The Morgan fingerprint density at radius 2 is 1.55 bits per heavy atom. The second-order valence-electron chi connectivity index (χ2n) is 6.09. The Hall–Kier alpha value is -3.86.